The molecule has 0 bridgehead atoms. The van der Waals surface area contributed by atoms with Gasteiger partial charge in [0, 0.05) is 10.0 Å². The third-order valence-electron chi connectivity index (χ3n) is 3.76. The summed E-state index contributed by atoms with van der Waals surface area (Å²) in [5.74, 6) is -1.23. The van der Waals surface area contributed by atoms with E-state index in [0.29, 0.717) is 5.56 Å². The summed E-state index contributed by atoms with van der Waals surface area (Å²) in [4.78, 5) is 23.6. The molecule has 4 nitrogen and oxygen atoms in total. The third-order valence-corrected chi connectivity index (χ3v) is 4.25. The largest absolute Gasteiger partial charge is 0.480 e. The van der Waals surface area contributed by atoms with Gasteiger partial charge in [0.2, 0.25) is 0 Å². The first-order valence-corrected chi connectivity index (χ1v) is 7.66. The van der Waals surface area contributed by atoms with Gasteiger partial charge in [-0.1, -0.05) is 41.3 Å². The SMILES string of the molecule is O=C(N[C@H](C(=O)O)C1CCCCC1)c1cccc(Br)c1. The Balaban J connectivity index is 2.07. The van der Waals surface area contributed by atoms with E-state index >= 15 is 0 Å². The van der Waals surface area contributed by atoms with Crippen LogP contribution in [0.2, 0.25) is 0 Å². The highest BCUT2D eigenvalue weighted by Gasteiger charge is 2.30. The maximum absolute atomic E-state index is 12.2. The summed E-state index contributed by atoms with van der Waals surface area (Å²) in [6.45, 7) is 0. The molecule has 20 heavy (non-hydrogen) atoms. The van der Waals surface area contributed by atoms with E-state index in [0.717, 1.165) is 36.6 Å². The molecule has 2 N–H and O–H groups in total. The van der Waals surface area contributed by atoms with Crippen molar-refractivity contribution in [3.63, 3.8) is 0 Å². The van der Waals surface area contributed by atoms with Gasteiger partial charge in [-0.25, -0.2) is 4.79 Å². The molecule has 5 heteroatoms. The Morgan fingerprint density at radius 1 is 1.25 bits per heavy atom. The number of carboxylic acids is 1. The van der Waals surface area contributed by atoms with Crippen LogP contribution in [0.4, 0.5) is 0 Å². The van der Waals surface area contributed by atoms with Crippen LogP contribution in [0.25, 0.3) is 0 Å². The second-order valence-electron chi connectivity index (χ2n) is 5.20. The van der Waals surface area contributed by atoms with Crippen molar-refractivity contribution in [3.05, 3.63) is 34.3 Å². The van der Waals surface area contributed by atoms with Crippen molar-refractivity contribution < 1.29 is 14.7 Å². The molecule has 0 saturated heterocycles. The number of carboxylic acid groups (broad SMARTS) is 1. The number of hydrogen-bond acceptors (Lipinski definition) is 2. The molecule has 0 heterocycles. The van der Waals surface area contributed by atoms with E-state index in [1.54, 1.807) is 18.2 Å². The lowest BCUT2D eigenvalue weighted by Crippen LogP contribution is -2.46. The Morgan fingerprint density at radius 3 is 2.55 bits per heavy atom. The Bertz CT molecular complexity index is 498. The normalized spacial score (nSPS) is 17.4. The highest BCUT2D eigenvalue weighted by atomic mass is 79.9. The lowest BCUT2D eigenvalue weighted by Gasteiger charge is -2.28. The molecule has 0 radical (unpaired) electrons. The van der Waals surface area contributed by atoms with E-state index in [2.05, 4.69) is 21.2 Å². The zero-order valence-corrected chi connectivity index (χ0v) is 12.7. The van der Waals surface area contributed by atoms with Crippen LogP contribution >= 0.6 is 15.9 Å². The van der Waals surface area contributed by atoms with Crippen LogP contribution in [0.1, 0.15) is 42.5 Å². The standard InChI is InChI=1S/C15H18BrNO3/c16-12-8-4-7-11(9-12)14(18)17-13(15(19)20)10-5-2-1-3-6-10/h4,7-10,13H,1-3,5-6H2,(H,17,18)(H,19,20)/t13-/m0/s1. The molecule has 1 aliphatic rings. The van der Waals surface area contributed by atoms with E-state index in [-0.39, 0.29) is 11.8 Å². The van der Waals surface area contributed by atoms with Crippen molar-refractivity contribution in [2.75, 3.05) is 0 Å². The fraction of sp³-hybridized carbons (Fsp3) is 0.467. The molecular formula is C15H18BrNO3. The number of carbonyl (C=O) groups excluding carboxylic acids is 1. The van der Waals surface area contributed by atoms with Crippen LogP contribution in [0.15, 0.2) is 28.7 Å². The van der Waals surface area contributed by atoms with Crippen molar-refractivity contribution in [2.45, 2.75) is 38.1 Å². The minimum absolute atomic E-state index is 0.0392. The molecule has 1 aliphatic carbocycles. The van der Waals surface area contributed by atoms with Crippen LogP contribution in [-0.4, -0.2) is 23.0 Å². The molecule has 0 spiro atoms. The Labute approximate surface area is 126 Å². The molecule has 0 aliphatic heterocycles. The first-order valence-electron chi connectivity index (χ1n) is 6.87. The average molecular weight is 340 g/mol. The van der Waals surface area contributed by atoms with Crippen LogP contribution < -0.4 is 5.32 Å². The van der Waals surface area contributed by atoms with Crippen LogP contribution in [0.3, 0.4) is 0 Å². The predicted octanol–water partition coefficient (Wildman–Crippen LogP) is 3.21. The summed E-state index contributed by atoms with van der Waals surface area (Å²) in [5.41, 5.74) is 0.474. The van der Waals surface area contributed by atoms with E-state index in [4.69, 9.17) is 0 Å². The van der Waals surface area contributed by atoms with Crippen LogP contribution in [0, 0.1) is 5.92 Å². The van der Waals surface area contributed by atoms with E-state index in [1.165, 1.54) is 0 Å². The Hall–Kier alpha value is -1.36. The van der Waals surface area contributed by atoms with Gasteiger partial charge < -0.3 is 10.4 Å². The highest BCUT2D eigenvalue weighted by molar-refractivity contribution is 9.10. The Morgan fingerprint density at radius 2 is 1.95 bits per heavy atom. The van der Waals surface area contributed by atoms with Gasteiger partial charge in [0.05, 0.1) is 0 Å². The number of nitrogens with one attached hydrogen (secondary N) is 1. The highest BCUT2D eigenvalue weighted by Crippen LogP contribution is 2.27. The minimum Gasteiger partial charge on any atom is -0.480 e. The van der Waals surface area contributed by atoms with E-state index in [1.807, 2.05) is 6.07 Å². The maximum atomic E-state index is 12.2. The number of benzene rings is 1. The minimum atomic E-state index is -0.944. The summed E-state index contributed by atoms with van der Waals surface area (Å²) < 4.78 is 0.801. The first-order chi connectivity index (χ1) is 9.58. The van der Waals surface area contributed by atoms with E-state index in [9.17, 15) is 14.7 Å². The number of hydrogen-bond donors (Lipinski definition) is 2. The van der Waals surface area contributed by atoms with Gasteiger partial charge in [-0.05, 0) is 37.0 Å². The summed E-state index contributed by atoms with van der Waals surface area (Å²) in [6.07, 6.45) is 4.98. The van der Waals surface area contributed by atoms with Crippen LogP contribution in [-0.2, 0) is 4.79 Å². The van der Waals surface area contributed by atoms with Crippen molar-refractivity contribution in [1.29, 1.82) is 0 Å². The molecule has 1 saturated carbocycles. The second kappa shape index (κ2) is 6.88. The quantitative estimate of drug-likeness (QED) is 0.884. The van der Waals surface area contributed by atoms with Gasteiger partial charge in [0.15, 0.2) is 0 Å². The number of amides is 1. The third kappa shape index (κ3) is 3.82. The van der Waals surface area contributed by atoms with Gasteiger partial charge in [-0.15, -0.1) is 0 Å². The average Bonchev–Trinajstić information content (AvgIpc) is 2.45. The van der Waals surface area contributed by atoms with E-state index < -0.39 is 12.0 Å². The second-order valence-corrected chi connectivity index (χ2v) is 6.11. The number of carbonyl (C=O) groups is 2. The van der Waals surface area contributed by atoms with Crippen molar-refractivity contribution in [1.82, 2.24) is 5.32 Å². The zero-order valence-electron chi connectivity index (χ0n) is 11.1. The lowest BCUT2D eigenvalue weighted by atomic mass is 9.84. The smallest absolute Gasteiger partial charge is 0.326 e. The number of halogens is 1. The van der Waals surface area contributed by atoms with Crippen molar-refractivity contribution in [3.8, 4) is 0 Å². The first kappa shape index (κ1) is 15.0. The van der Waals surface area contributed by atoms with Gasteiger partial charge >= 0.3 is 5.97 Å². The van der Waals surface area contributed by atoms with Gasteiger partial charge in [-0.2, -0.15) is 0 Å². The molecule has 108 valence electrons. The van der Waals surface area contributed by atoms with Crippen molar-refractivity contribution in [2.24, 2.45) is 5.92 Å². The molecule has 2 rings (SSSR count). The van der Waals surface area contributed by atoms with Crippen molar-refractivity contribution >= 4 is 27.8 Å². The predicted molar refractivity (Wildman–Crippen MR) is 79.6 cm³/mol. The summed E-state index contributed by atoms with van der Waals surface area (Å²) in [6, 6.07) is 6.17. The zero-order chi connectivity index (χ0) is 14.5. The molecule has 0 aromatic heterocycles. The fourth-order valence-corrected chi connectivity index (χ4v) is 3.10. The van der Waals surface area contributed by atoms with Gasteiger partial charge in [0.1, 0.15) is 6.04 Å². The van der Waals surface area contributed by atoms with Crippen LogP contribution in [0.5, 0.6) is 0 Å². The number of rotatable bonds is 4. The fourth-order valence-electron chi connectivity index (χ4n) is 2.70. The summed E-state index contributed by atoms with van der Waals surface area (Å²) in [7, 11) is 0. The molecule has 1 fully saturated rings. The van der Waals surface area contributed by atoms with Gasteiger partial charge in [0.25, 0.3) is 5.91 Å². The molecule has 1 atom stereocenters. The maximum Gasteiger partial charge on any atom is 0.326 e. The topological polar surface area (TPSA) is 66.4 Å². The number of aliphatic carboxylic acids is 1. The lowest BCUT2D eigenvalue weighted by molar-refractivity contribution is -0.141. The molecule has 1 amide bonds. The molecule has 0 unspecified atom stereocenters. The summed E-state index contributed by atoms with van der Waals surface area (Å²) in [5, 5.41) is 12.0. The molecular weight excluding hydrogens is 322 g/mol. The Kier molecular flexibility index (Phi) is 5.17. The monoisotopic (exact) mass is 339 g/mol. The summed E-state index contributed by atoms with van der Waals surface area (Å²) >= 11 is 3.31. The molecule has 1 aromatic carbocycles. The molecule has 1 aromatic rings. The van der Waals surface area contributed by atoms with Gasteiger partial charge in [-0.3, -0.25) is 4.79 Å².